The van der Waals surface area contributed by atoms with Crippen LogP contribution in [0, 0.1) is 0 Å². The van der Waals surface area contributed by atoms with Crippen LogP contribution in [-0.2, 0) is 12.8 Å². The Hall–Kier alpha value is -1.76. The standard InChI is InChI=1S/C16H18O/c1-2-6-13-7-5-8-14(11-13)12-15-9-3-4-10-16(15)17/h3-5,7-11,17H,2,6,12H2,1H3. The zero-order valence-corrected chi connectivity index (χ0v) is 10.2. The van der Waals surface area contributed by atoms with Crippen molar-refractivity contribution in [2.24, 2.45) is 0 Å². The van der Waals surface area contributed by atoms with Gasteiger partial charge in [-0.3, -0.25) is 0 Å². The summed E-state index contributed by atoms with van der Waals surface area (Å²) in [5, 5.41) is 9.74. The van der Waals surface area contributed by atoms with Crippen molar-refractivity contribution in [2.75, 3.05) is 0 Å². The molecule has 0 saturated heterocycles. The van der Waals surface area contributed by atoms with E-state index in [2.05, 4.69) is 31.2 Å². The van der Waals surface area contributed by atoms with E-state index >= 15 is 0 Å². The van der Waals surface area contributed by atoms with Gasteiger partial charge < -0.3 is 5.11 Å². The summed E-state index contributed by atoms with van der Waals surface area (Å²) in [5.74, 6) is 0.383. The SMILES string of the molecule is CCCc1cccc(Cc2ccccc2O)c1. The zero-order valence-electron chi connectivity index (χ0n) is 10.2. The summed E-state index contributed by atoms with van der Waals surface area (Å²) in [6, 6.07) is 16.1. The van der Waals surface area contributed by atoms with E-state index in [1.807, 2.05) is 18.2 Å². The highest BCUT2D eigenvalue weighted by molar-refractivity contribution is 5.37. The number of hydrogen-bond donors (Lipinski definition) is 1. The van der Waals surface area contributed by atoms with Gasteiger partial charge in [0.1, 0.15) is 5.75 Å². The first kappa shape index (κ1) is 11.7. The smallest absolute Gasteiger partial charge is 0.119 e. The second-order valence-electron chi connectivity index (χ2n) is 4.38. The van der Waals surface area contributed by atoms with Crippen LogP contribution in [0.3, 0.4) is 0 Å². The Labute approximate surface area is 103 Å². The third-order valence-corrected chi connectivity index (χ3v) is 2.92. The van der Waals surface area contributed by atoms with Crippen LogP contribution in [0.2, 0.25) is 0 Å². The molecule has 88 valence electrons. The summed E-state index contributed by atoms with van der Waals surface area (Å²) in [5.41, 5.74) is 3.62. The molecule has 2 rings (SSSR count). The number of phenolic OH excluding ortho intramolecular Hbond substituents is 1. The van der Waals surface area contributed by atoms with Crippen LogP contribution in [0.15, 0.2) is 48.5 Å². The van der Waals surface area contributed by atoms with Crippen molar-refractivity contribution in [1.29, 1.82) is 0 Å². The summed E-state index contributed by atoms with van der Waals surface area (Å²) < 4.78 is 0. The molecule has 0 aliphatic carbocycles. The molecule has 0 amide bonds. The molecular formula is C16H18O. The molecule has 0 aromatic heterocycles. The lowest BCUT2D eigenvalue weighted by molar-refractivity contribution is 0.469. The highest BCUT2D eigenvalue weighted by Crippen LogP contribution is 2.20. The van der Waals surface area contributed by atoms with Crippen molar-refractivity contribution in [2.45, 2.75) is 26.2 Å². The maximum absolute atomic E-state index is 9.74. The molecule has 0 fully saturated rings. The van der Waals surface area contributed by atoms with Crippen molar-refractivity contribution in [3.8, 4) is 5.75 Å². The van der Waals surface area contributed by atoms with Gasteiger partial charge in [0.05, 0.1) is 0 Å². The first-order valence-corrected chi connectivity index (χ1v) is 6.14. The van der Waals surface area contributed by atoms with Crippen LogP contribution in [-0.4, -0.2) is 5.11 Å². The number of benzene rings is 2. The molecule has 0 aliphatic heterocycles. The molecule has 0 bridgehead atoms. The fourth-order valence-corrected chi connectivity index (χ4v) is 2.06. The van der Waals surface area contributed by atoms with Crippen molar-refractivity contribution in [3.05, 3.63) is 65.2 Å². The van der Waals surface area contributed by atoms with Gasteiger partial charge in [0, 0.05) is 6.42 Å². The summed E-state index contributed by atoms with van der Waals surface area (Å²) in [7, 11) is 0. The van der Waals surface area contributed by atoms with Gasteiger partial charge in [-0.15, -0.1) is 0 Å². The van der Waals surface area contributed by atoms with Crippen molar-refractivity contribution < 1.29 is 5.11 Å². The quantitative estimate of drug-likeness (QED) is 0.837. The molecule has 0 aliphatic rings. The van der Waals surface area contributed by atoms with Gasteiger partial charge in [-0.05, 0) is 29.2 Å². The summed E-state index contributed by atoms with van der Waals surface area (Å²) >= 11 is 0. The van der Waals surface area contributed by atoms with Crippen LogP contribution in [0.4, 0.5) is 0 Å². The maximum Gasteiger partial charge on any atom is 0.119 e. The molecule has 0 heterocycles. The normalized spacial score (nSPS) is 10.4. The van der Waals surface area contributed by atoms with E-state index < -0.39 is 0 Å². The fraction of sp³-hybridized carbons (Fsp3) is 0.250. The number of aryl methyl sites for hydroxylation is 1. The first-order valence-electron chi connectivity index (χ1n) is 6.14. The Morgan fingerprint density at radius 3 is 2.47 bits per heavy atom. The molecule has 0 atom stereocenters. The Balaban J connectivity index is 2.18. The molecule has 2 aromatic rings. The van der Waals surface area contributed by atoms with Crippen LogP contribution in [0.25, 0.3) is 0 Å². The monoisotopic (exact) mass is 226 g/mol. The third kappa shape index (κ3) is 3.10. The van der Waals surface area contributed by atoms with Gasteiger partial charge >= 0.3 is 0 Å². The number of hydrogen-bond acceptors (Lipinski definition) is 1. The lowest BCUT2D eigenvalue weighted by Crippen LogP contribution is -1.91. The second-order valence-corrected chi connectivity index (χ2v) is 4.38. The molecule has 0 spiro atoms. The maximum atomic E-state index is 9.74. The fourth-order valence-electron chi connectivity index (χ4n) is 2.06. The molecule has 0 radical (unpaired) electrons. The van der Waals surface area contributed by atoms with Crippen LogP contribution in [0.1, 0.15) is 30.0 Å². The molecule has 17 heavy (non-hydrogen) atoms. The van der Waals surface area contributed by atoms with E-state index in [-0.39, 0.29) is 0 Å². The van der Waals surface area contributed by atoms with Gasteiger partial charge in [0.15, 0.2) is 0 Å². The molecule has 0 unspecified atom stereocenters. The van der Waals surface area contributed by atoms with Gasteiger partial charge in [0.2, 0.25) is 0 Å². The Kier molecular flexibility index (Phi) is 3.81. The van der Waals surface area contributed by atoms with E-state index in [9.17, 15) is 5.11 Å². The average Bonchev–Trinajstić information content (AvgIpc) is 2.33. The predicted octanol–water partition coefficient (Wildman–Crippen LogP) is 3.94. The predicted molar refractivity (Wildman–Crippen MR) is 71.3 cm³/mol. The number of rotatable bonds is 4. The number of para-hydroxylation sites is 1. The largest absolute Gasteiger partial charge is 0.508 e. The van der Waals surface area contributed by atoms with E-state index in [1.54, 1.807) is 6.07 Å². The zero-order chi connectivity index (χ0) is 12.1. The number of aromatic hydroxyl groups is 1. The van der Waals surface area contributed by atoms with Gasteiger partial charge in [-0.1, -0.05) is 55.8 Å². The molecule has 0 saturated carbocycles. The van der Waals surface area contributed by atoms with Crippen molar-refractivity contribution >= 4 is 0 Å². The topological polar surface area (TPSA) is 20.2 Å². The van der Waals surface area contributed by atoms with Gasteiger partial charge in [-0.2, -0.15) is 0 Å². The lowest BCUT2D eigenvalue weighted by atomic mass is 10.0. The average molecular weight is 226 g/mol. The van der Waals surface area contributed by atoms with Gasteiger partial charge in [-0.25, -0.2) is 0 Å². The van der Waals surface area contributed by atoms with E-state index in [0.717, 1.165) is 18.4 Å². The van der Waals surface area contributed by atoms with Crippen LogP contribution in [0.5, 0.6) is 5.75 Å². The highest BCUT2D eigenvalue weighted by atomic mass is 16.3. The Morgan fingerprint density at radius 2 is 1.71 bits per heavy atom. The second kappa shape index (κ2) is 5.53. The van der Waals surface area contributed by atoms with E-state index in [0.29, 0.717) is 5.75 Å². The van der Waals surface area contributed by atoms with Crippen LogP contribution < -0.4 is 0 Å². The summed E-state index contributed by atoms with van der Waals surface area (Å²) in [4.78, 5) is 0. The summed E-state index contributed by atoms with van der Waals surface area (Å²) in [6.07, 6.45) is 3.08. The lowest BCUT2D eigenvalue weighted by Gasteiger charge is -2.06. The van der Waals surface area contributed by atoms with Crippen LogP contribution >= 0.6 is 0 Å². The molecule has 1 nitrogen and oxygen atoms in total. The minimum atomic E-state index is 0.383. The molecule has 2 aromatic carbocycles. The first-order chi connectivity index (χ1) is 8.29. The molecular weight excluding hydrogens is 208 g/mol. The third-order valence-electron chi connectivity index (χ3n) is 2.92. The molecule has 1 N–H and O–H groups in total. The number of phenols is 1. The van der Waals surface area contributed by atoms with E-state index in [4.69, 9.17) is 0 Å². The highest BCUT2D eigenvalue weighted by Gasteiger charge is 2.02. The Morgan fingerprint density at radius 1 is 0.941 bits per heavy atom. The minimum absolute atomic E-state index is 0.383. The summed E-state index contributed by atoms with van der Waals surface area (Å²) in [6.45, 7) is 2.19. The van der Waals surface area contributed by atoms with Crippen molar-refractivity contribution in [3.63, 3.8) is 0 Å². The Bertz CT molecular complexity index is 488. The van der Waals surface area contributed by atoms with Crippen molar-refractivity contribution in [1.82, 2.24) is 0 Å². The van der Waals surface area contributed by atoms with Gasteiger partial charge in [0.25, 0.3) is 0 Å². The molecule has 1 heteroatoms. The minimum Gasteiger partial charge on any atom is -0.508 e. The van der Waals surface area contributed by atoms with E-state index in [1.165, 1.54) is 17.5 Å².